The number of rotatable bonds is 2. The summed E-state index contributed by atoms with van der Waals surface area (Å²) in [6.07, 6.45) is 4.57. The molecule has 0 aliphatic heterocycles. The van der Waals surface area contributed by atoms with Crippen molar-refractivity contribution in [1.29, 1.82) is 0 Å². The van der Waals surface area contributed by atoms with Crippen LogP contribution in [-0.2, 0) is 0 Å². The standard InChI is InChI=1S/C10H8Cl2O/c1-2-3-10(13)8-6-7(11)4-5-9(8)12/h1,4-6,10,13H,3H2. The molecule has 1 aromatic rings. The molecular weight excluding hydrogens is 207 g/mol. The first-order valence-electron chi connectivity index (χ1n) is 3.71. The molecule has 68 valence electrons. The molecule has 0 saturated heterocycles. The van der Waals surface area contributed by atoms with E-state index in [1.807, 2.05) is 0 Å². The zero-order valence-electron chi connectivity index (χ0n) is 6.80. The Labute approximate surface area is 87.3 Å². The third-order valence-corrected chi connectivity index (χ3v) is 2.21. The van der Waals surface area contributed by atoms with Gasteiger partial charge >= 0.3 is 0 Å². The summed E-state index contributed by atoms with van der Waals surface area (Å²) < 4.78 is 0. The van der Waals surface area contributed by atoms with Crippen LogP contribution in [0.5, 0.6) is 0 Å². The van der Waals surface area contributed by atoms with E-state index in [9.17, 15) is 5.11 Å². The first-order chi connectivity index (χ1) is 6.15. The second kappa shape index (κ2) is 4.53. The molecule has 0 bridgehead atoms. The molecule has 0 aliphatic carbocycles. The monoisotopic (exact) mass is 214 g/mol. The van der Waals surface area contributed by atoms with Gasteiger partial charge in [-0.05, 0) is 18.2 Å². The molecular formula is C10H8Cl2O. The number of hydrogen-bond donors (Lipinski definition) is 1. The van der Waals surface area contributed by atoms with Gasteiger partial charge in [-0.25, -0.2) is 0 Å². The van der Waals surface area contributed by atoms with Crippen LogP contribution in [0.2, 0.25) is 10.0 Å². The lowest BCUT2D eigenvalue weighted by Crippen LogP contribution is -1.96. The molecule has 0 fully saturated rings. The van der Waals surface area contributed by atoms with Gasteiger partial charge in [0.05, 0.1) is 6.10 Å². The van der Waals surface area contributed by atoms with Crippen LogP contribution in [0.25, 0.3) is 0 Å². The van der Waals surface area contributed by atoms with Gasteiger partial charge in [0.2, 0.25) is 0 Å². The number of benzene rings is 1. The van der Waals surface area contributed by atoms with Gasteiger partial charge in [0.1, 0.15) is 0 Å². The smallest absolute Gasteiger partial charge is 0.0913 e. The van der Waals surface area contributed by atoms with Crippen LogP contribution >= 0.6 is 23.2 Å². The molecule has 3 heteroatoms. The highest BCUT2D eigenvalue weighted by Crippen LogP contribution is 2.27. The second-order valence-corrected chi connectivity index (χ2v) is 3.43. The fraction of sp³-hybridized carbons (Fsp3) is 0.200. The predicted octanol–water partition coefficient (Wildman–Crippen LogP) is 3.05. The summed E-state index contributed by atoms with van der Waals surface area (Å²) in [7, 11) is 0. The molecule has 0 spiro atoms. The van der Waals surface area contributed by atoms with E-state index in [-0.39, 0.29) is 6.42 Å². The molecule has 1 nitrogen and oxygen atoms in total. The lowest BCUT2D eigenvalue weighted by molar-refractivity contribution is 0.184. The number of terminal acetylenes is 1. The van der Waals surface area contributed by atoms with Crippen LogP contribution in [-0.4, -0.2) is 5.11 Å². The molecule has 1 atom stereocenters. The van der Waals surface area contributed by atoms with Crippen molar-refractivity contribution in [3.05, 3.63) is 33.8 Å². The minimum absolute atomic E-state index is 0.236. The van der Waals surface area contributed by atoms with Crippen LogP contribution in [0.15, 0.2) is 18.2 Å². The summed E-state index contributed by atoms with van der Waals surface area (Å²) in [5, 5.41) is 10.6. The predicted molar refractivity (Wildman–Crippen MR) is 54.9 cm³/mol. The maximum absolute atomic E-state index is 9.54. The van der Waals surface area contributed by atoms with Gasteiger partial charge in [-0.15, -0.1) is 12.3 Å². The zero-order valence-corrected chi connectivity index (χ0v) is 8.31. The van der Waals surface area contributed by atoms with E-state index in [0.29, 0.717) is 15.6 Å². The van der Waals surface area contributed by atoms with E-state index in [0.717, 1.165) is 0 Å². The topological polar surface area (TPSA) is 20.2 Å². The Morgan fingerprint density at radius 1 is 1.46 bits per heavy atom. The van der Waals surface area contributed by atoms with Crippen molar-refractivity contribution in [2.45, 2.75) is 12.5 Å². The highest BCUT2D eigenvalue weighted by atomic mass is 35.5. The van der Waals surface area contributed by atoms with Crippen LogP contribution < -0.4 is 0 Å². The third kappa shape index (κ3) is 2.63. The molecule has 1 rings (SSSR count). The summed E-state index contributed by atoms with van der Waals surface area (Å²) in [5.74, 6) is 2.36. The van der Waals surface area contributed by atoms with Crippen molar-refractivity contribution in [2.75, 3.05) is 0 Å². The van der Waals surface area contributed by atoms with E-state index in [1.54, 1.807) is 18.2 Å². The van der Waals surface area contributed by atoms with Crippen molar-refractivity contribution in [3.63, 3.8) is 0 Å². The Kier molecular flexibility index (Phi) is 3.62. The van der Waals surface area contributed by atoms with Crippen LogP contribution in [0, 0.1) is 12.3 Å². The Morgan fingerprint density at radius 3 is 2.77 bits per heavy atom. The molecule has 1 aromatic carbocycles. The first kappa shape index (κ1) is 10.4. The second-order valence-electron chi connectivity index (χ2n) is 2.59. The highest BCUT2D eigenvalue weighted by Gasteiger charge is 2.10. The first-order valence-corrected chi connectivity index (χ1v) is 4.47. The van der Waals surface area contributed by atoms with Crippen molar-refractivity contribution >= 4 is 23.2 Å². The highest BCUT2D eigenvalue weighted by molar-refractivity contribution is 6.33. The third-order valence-electron chi connectivity index (χ3n) is 1.63. The summed E-state index contributed by atoms with van der Waals surface area (Å²) in [4.78, 5) is 0. The van der Waals surface area contributed by atoms with Crippen molar-refractivity contribution in [3.8, 4) is 12.3 Å². The van der Waals surface area contributed by atoms with Crippen LogP contribution in [0.3, 0.4) is 0 Å². The molecule has 0 radical (unpaired) electrons. The van der Waals surface area contributed by atoms with E-state index in [4.69, 9.17) is 29.6 Å². The van der Waals surface area contributed by atoms with E-state index < -0.39 is 6.10 Å². The zero-order chi connectivity index (χ0) is 9.84. The van der Waals surface area contributed by atoms with Crippen molar-refractivity contribution in [1.82, 2.24) is 0 Å². The molecule has 1 unspecified atom stereocenters. The van der Waals surface area contributed by atoms with Gasteiger partial charge in [0.25, 0.3) is 0 Å². The van der Waals surface area contributed by atoms with Crippen LogP contribution in [0.1, 0.15) is 18.1 Å². The van der Waals surface area contributed by atoms with E-state index in [2.05, 4.69) is 5.92 Å². The van der Waals surface area contributed by atoms with Crippen molar-refractivity contribution < 1.29 is 5.11 Å². The quantitative estimate of drug-likeness (QED) is 0.751. The van der Waals surface area contributed by atoms with Crippen LogP contribution in [0.4, 0.5) is 0 Å². The molecule has 13 heavy (non-hydrogen) atoms. The summed E-state index contributed by atoms with van der Waals surface area (Å²) >= 11 is 11.6. The Hall–Kier alpha value is -0.680. The molecule has 1 N–H and O–H groups in total. The Morgan fingerprint density at radius 2 is 2.15 bits per heavy atom. The SMILES string of the molecule is C#CCC(O)c1cc(Cl)ccc1Cl. The van der Waals surface area contributed by atoms with Gasteiger partial charge in [-0.3, -0.25) is 0 Å². The Balaban J connectivity index is 3.00. The number of halogens is 2. The van der Waals surface area contributed by atoms with Gasteiger partial charge in [-0.2, -0.15) is 0 Å². The molecule has 0 amide bonds. The normalized spacial score (nSPS) is 12.2. The van der Waals surface area contributed by atoms with Gasteiger partial charge in [0.15, 0.2) is 0 Å². The summed E-state index contributed by atoms with van der Waals surface area (Å²) in [6.45, 7) is 0. The van der Waals surface area contributed by atoms with E-state index in [1.165, 1.54) is 0 Å². The van der Waals surface area contributed by atoms with E-state index >= 15 is 0 Å². The fourth-order valence-corrected chi connectivity index (χ4v) is 1.42. The lowest BCUT2D eigenvalue weighted by atomic mass is 10.1. The molecule has 0 saturated carbocycles. The minimum atomic E-state index is -0.740. The fourth-order valence-electron chi connectivity index (χ4n) is 0.992. The summed E-state index contributed by atoms with van der Waals surface area (Å²) in [5.41, 5.74) is 0.576. The van der Waals surface area contributed by atoms with Crippen molar-refractivity contribution in [2.24, 2.45) is 0 Å². The Bertz CT molecular complexity index is 341. The maximum atomic E-state index is 9.54. The largest absolute Gasteiger partial charge is 0.387 e. The number of aliphatic hydroxyl groups is 1. The molecule has 0 aromatic heterocycles. The summed E-state index contributed by atoms with van der Waals surface area (Å²) in [6, 6.07) is 4.92. The maximum Gasteiger partial charge on any atom is 0.0913 e. The average molecular weight is 215 g/mol. The lowest BCUT2D eigenvalue weighted by Gasteiger charge is -2.09. The average Bonchev–Trinajstić information content (AvgIpc) is 2.09. The number of hydrogen-bond acceptors (Lipinski definition) is 1. The number of aliphatic hydroxyl groups excluding tert-OH is 1. The van der Waals surface area contributed by atoms with Gasteiger partial charge in [-0.1, -0.05) is 23.2 Å². The van der Waals surface area contributed by atoms with Gasteiger partial charge < -0.3 is 5.11 Å². The van der Waals surface area contributed by atoms with Gasteiger partial charge in [0, 0.05) is 22.0 Å². The minimum Gasteiger partial charge on any atom is -0.387 e. The molecule has 0 aliphatic rings. The molecule has 0 heterocycles.